The van der Waals surface area contributed by atoms with Crippen LogP contribution >= 0.6 is 11.8 Å². The van der Waals surface area contributed by atoms with E-state index in [2.05, 4.69) is 10.6 Å². The van der Waals surface area contributed by atoms with E-state index in [0.717, 1.165) is 11.8 Å². The molecule has 2 aromatic carbocycles. The minimum absolute atomic E-state index is 0.0510. The Labute approximate surface area is 188 Å². The van der Waals surface area contributed by atoms with Gasteiger partial charge in [-0.25, -0.2) is 17.9 Å². The van der Waals surface area contributed by atoms with Gasteiger partial charge in [-0.1, -0.05) is 0 Å². The van der Waals surface area contributed by atoms with E-state index in [1.165, 1.54) is 62.4 Å². The van der Waals surface area contributed by atoms with Crippen molar-refractivity contribution in [3.05, 3.63) is 54.3 Å². The van der Waals surface area contributed by atoms with E-state index in [0.29, 0.717) is 11.4 Å². The average molecular weight is 484 g/mol. The summed E-state index contributed by atoms with van der Waals surface area (Å²) in [5.41, 5.74) is 0.722. The number of hydrogen-bond acceptors (Lipinski definition) is 7. The second-order valence-corrected chi connectivity index (χ2v) is 9.54. The van der Waals surface area contributed by atoms with Gasteiger partial charge in [0.1, 0.15) is 11.1 Å². The fourth-order valence-corrected chi connectivity index (χ4v) is 3.48. The van der Waals surface area contributed by atoms with E-state index < -0.39 is 39.1 Å². The third kappa shape index (κ3) is 7.94. The summed E-state index contributed by atoms with van der Waals surface area (Å²) in [6.07, 6.45) is -1.13. The number of benzene rings is 2. The van der Waals surface area contributed by atoms with Crippen molar-refractivity contribution in [2.45, 2.75) is 30.1 Å². The minimum Gasteiger partial charge on any atom is -0.452 e. The maximum atomic E-state index is 12.9. The van der Waals surface area contributed by atoms with Crippen LogP contribution in [0.5, 0.6) is 0 Å². The lowest BCUT2D eigenvalue weighted by atomic mass is 10.3. The molecule has 0 spiro atoms. The molecule has 12 heteroatoms. The van der Waals surface area contributed by atoms with Gasteiger partial charge in [0, 0.05) is 11.4 Å². The fourth-order valence-electron chi connectivity index (χ4n) is 2.29. The number of halogens is 1. The van der Waals surface area contributed by atoms with Gasteiger partial charge < -0.3 is 15.4 Å². The summed E-state index contributed by atoms with van der Waals surface area (Å²) in [6.45, 7) is 2.92. The van der Waals surface area contributed by atoms with Crippen molar-refractivity contribution < 1.29 is 31.9 Å². The molecule has 9 nitrogen and oxygen atoms in total. The van der Waals surface area contributed by atoms with E-state index in [-0.39, 0.29) is 16.6 Å². The molecule has 2 unspecified atom stereocenters. The molecule has 0 saturated heterocycles. The topological polar surface area (TPSA) is 145 Å². The molecule has 0 fully saturated rings. The third-order valence-corrected chi connectivity index (χ3v) is 6.09. The molecule has 2 atom stereocenters. The van der Waals surface area contributed by atoms with Crippen LogP contribution in [-0.4, -0.2) is 43.3 Å². The predicted octanol–water partition coefficient (Wildman–Crippen LogP) is 2.10. The Bertz CT molecular complexity index is 1080. The average Bonchev–Trinajstić information content (AvgIpc) is 2.73. The van der Waals surface area contributed by atoms with Gasteiger partial charge in [0.25, 0.3) is 5.91 Å². The Morgan fingerprint density at radius 1 is 1.00 bits per heavy atom. The molecule has 0 heterocycles. The number of ether oxygens (including phenoxy) is 1. The molecule has 0 aliphatic rings. The first-order valence-electron chi connectivity index (χ1n) is 9.27. The van der Waals surface area contributed by atoms with Crippen LogP contribution in [0.3, 0.4) is 0 Å². The maximum absolute atomic E-state index is 12.9. The number of sulfonamides is 1. The van der Waals surface area contributed by atoms with Gasteiger partial charge in [0.15, 0.2) is 6.10 Å². The van der Waals surface area contributed by atoms with Gasteiger partial charge in [-0.15, -0.1) is 11.8 Å². The largest absolute Gasteiger partial charge is 0.452 e. The van der Waals surface area contributed by atoms with Crippen molar-refractivity contribution in [2.24, 2.45) is 5.14 Å². The lowest BCUT2D eigenvalue weighted by Crippen LogP contribution is -2.33. The lowest BCUT2D eigenvalue weighted by Gasteiger charge is -2.16. The van der Waals surface area contributed by atoms with Crippen molar-refractivity contribution in [3.63, 3.8) is 0 Å². The summed E-state index contributed by atoms with van der Waals surface area (Å²) in [7, 11) is -3.85. The van der Waals surface area contributed by atoms with Crippen LogP contribution in [0.4, 0.5) is 15.8 Å². The van der Waals surface area contributed by atoms with Crippen LogP contribution in [0.25, 0.3) is 0 Å². The van der Waals surface area contributed by atoms with Crippen LogP contribution in [0, 0.1) is 5.82 Å². The lowest BCUT2D eigenvalue weighted by molar-refractivity contribution is -0.152. The summed E-state index contributed by atoms with van der Waals surface area (Å²) in [5.74, 6) is -2.16. The zero-order valence-electron chi connectivity index (χ0n) is 17.2. The third-order valence-electron chi connectivity index (χ3n) is 4.04. The molecule has 4 N–H and O–H groups in total. The molecular formula is C20H22FN3O6S2. The second kappa shape index (κ2) is 11.1. The van der Waals surface area contributed by atoms with Crippen molar-refractivity contribution in [3.8, 4) is 0 Å². The first kappa shape index (κ1) is 25.3. The number of anilines is 2. The van der Waals surface area contributed by atoms with Crippen LogP contribution < -0.4 is 15.8 Å². The highest BCUT2D eigenvalue weighted by molar-refractivity contribution is 8.01. The molecule has 0 bridgehead atoms. The van der Waals surface area contributed by atoms with Crippen molar-refractivity contribution in [1.29, 1.82) is 0 Å². The van der Waals surface area contributed by atoms with E-state index >= 15 is 0 Å². The zero-order chi connectivity index (χ0) is 23.9. The van der Waals surface area contributed by atoms with Crippen molar-refractivity contribution in [1.82, 2.24) is 0 Å². The van der Waals surface area contributed by atoms with Gasteiger partial charge in [-0.2, -0.15) is 0 Å². The number of carbonyl (C=O) groups excluding carboxylic acids is 3. The number of amides is 2. The SMILES string of the molecule is CC(OC(=O)C(C)SCC(=O)Nc1ccc(F)cc1)C(=O)Nc1ccc(S(N)(=O)=O)cc1. The quantitative estimate of drug-likeness (QED) is 0.463. The van der Waals surface area contributed by atoms with Crippen LogP contribution in [-0.2, 0) is 29.1 Å². The highest BCUT2D eigenvalue weighted by atomic mass is 32.2. The van der Waals surface area contributed by atoms with Crippen LogP contribution in [0.1, 0.15) is 13.8 Å². The van der Waals surface area contributed by atoms with Crippen molar-refractivity contribution >= 4 is 50.9 Å². The van der Waals surface area contributed by atoms with Gasteiger partial charge >= 0.3 is 5.97 Å². The Morgan fingerprint density at radius 2 is 1.53 bits per heavy atom. The van der Waals surface area contributed by atoms with Gasteiger partial charge in [-0.3, -0.25) is 14.4 Å². The van der Waals surface area contributed by atoms with E-state index in [4.69, 9.17) is 9.88 Å². The molecule has 0 aliphatic carbocycles. The Balaban J connectivity index is 1.79. The van der Waals surface area contributed by atoms with Gasteiger partial charge in [-0.05, 0) is 62.4 Å². The molecule has 172 valence electrons. The molecule has 2 aromatic rings. The number of carbonyl (C=O) groups is 3. The summed E-state index contributed by atoms with van der Waals surface area (Å²) in [6, 6.07) is 10.4. The predicted molar refractivity (Wildman–Crippen MR) is 119 cm³/mol. The van der Waals surface area contributed by atoms with Crippen LogP contribution in [0.2, 0.25) is 0 Å². The summed E-state index contributed by atoms with van der Waals surface area (Å²) in [5, 5.41) is 9.36. The summed E-state index contributed by atoms with van der Waals surface area (Å²) in [4.78, 5) is 36.3. The summed E-state index contributed by atoms with van der Waals surface area (Å²) >= 11 is 1.02. The number of hydrogen-bond donors (Lipinski definition) is 3. The zero-order valence-corrected chi connectivity index (χ0v) is 18.8. The molecule has 0 aromatic heterocycles. The van der Waals surface area contributed by atoms with E-state index in [1.807, 2.05) is 0 Å². The standard InChI is InChI=1S/C20H22FN3O6S2/c1-12(19(26)24-16-7-9-17(10-8-16)32(22,28)29)30-20(27)13(2)31-11-18(25)23-15-5-3-14(21)4-6-15/h3-10,12-13H,11H2,1-2H3,(H,23,25)(H,24,26)(H2,22,28,29). The number of nitrogens with one attached hydrogen (secondary N) is 2. The maximum Gasteiger partial charge on any atom is 0.319 e. The number of primary sulfonamides is 1. The van der Waals surface area contributed by atoms with Gasteiger partial charge in [0.05, 0.1) is 10.6 Å². The molecule has 2 rings (SSSR count). The van der Waals surface area contributed by atoms with Crippen molar-refractivity contribution in [2.75, 3.05) is 16.4 Å². The number of rotatable bonds is 9. The van der Waals surface area contributed by atoms with Gasteiger partial charge in [0.2, 0.25) is 15.9 Å². The number of esters is 1. The monoisotopic (exact) mass is 483 g/mol. The fraction of sp³-hybridized carbons (Fsp3) is 0.250. The van der Waals surface area contributed by atoms with E-state index in [1.54, 1.807) is 0 Å². The Hall–Kier alpha value is -2.96. The highest BCUT2D eigenvalue weighted by Crippen LogP contribution is 2.16. The molecule has 0 saturated carbocycles. The van der Waals surface area contributed by atoms with E-state index in [9.17, 15) is 27.2 Å². The van der Waals surface area contributed by atoms with Crippen LogP contribution in [0.15, 0.2) is 53.4 Å². The Kier molecular flexibility index (Phi) is 8.75. The minimum atomic E-state index is -3.85. The molecule has 0 aliphatic heterocycles. The molecule has 2 amide bonds. The number of nitrogens with two attached hydrogens (primary N) is 1. The highest BCUT2D eigenvalue weighted by Gasteiger charge is 2.23. The Morgan fingerprint density at radius 3 is 2.09 bits per heavy atom. The second-order valence-electron chi connectivity index (χ2n) is 6.65. The number of thioether (sulfide) groups is 1. The normalized spacial score (nSPS) is 13.0. The molecule has 32 heavy (non-hydrogen) atoms. The smallest absolute Gasteiger partial charge is 0.319 e. The first-order valence-corrected chi connectivity index (χ1v) is 11.9. The summed E-state index contributed by atoms with van der Waals surface area (Å²) < 4.78 is 40.5. The first-order chi connectivity index (χ1) is 15.0. The molecular weight excluding hydrogens is 461 g/mol. The molecule has 0 radical (unpaired) electrons.